The van der Waals surface area contributed by atoms with E-state index in [1.54, 1.807) is 34.6 Å². The zero-order valence-electron chi connectivity index (χ0n) is 18.7. The predicted octanol–water partition coefficient (Wildman–Crippen LogP) is 1.67. The van der Waals surface area contributed by atoms with Crippen molar-refractivity contribution in [1.82, 2.24) is 15.7 Å². The number of carbonyl (C=O) groups excluding carboxylic acids is 5. The van der Waals surface area contributed by atoms with Crippen LogP contribution in [0.15, 0.2) is 0 Å². The van der Waals surface area contributed by atoms with Crippen LogP contribution in [0.25, 0.3) is 0 Å². The Kier molecular flexibility index (Phi) is 8.80. The number of rotatable bonds is 8. The number of imide groups is 1. The number of hydroxylamine groups is 2. The summed E-state index contributed by atoms with van der Waals surface area (Å²) in [6, 6.07) is -2.06. The van der Waals surface area contributed by atoms with Gasteiger partial charge in [-0.15, -0.1) is 5.06 Å². The number of ether oxygens (including phenoxy) is 1. The van der Waals surface area contributed by atoms with Gasteiger partial charge in [0.15, 0.2) is 0 Å². The number of hydrogen-bond acceptors (Lipinski definition) is 7. The predicted molar refractivity (Wildman–Crippen MR) is 107 cm³/mol. The van der Waals surface area contributed by atoms with Crippen molar-refractivity contribution in [1.29, 1.82) is 0 Å². The van der Waals surface area contributed by atoms with Crippen LogP contribution in [0.4, 0.5) is 4.79 Å². The summed E-state index contributed by atoms with van der Waals surface area (Å²) in [5, 5.41) is 5.53. The molecule has 0 aliphatic carbocycles. The molecule has 1 rings (SSSR count). The first-order valence-electron chi connectivity index (χ1n) is 10.1. The molecule has 0 aromatic heterocycles. The molecule has 170 valence electrons. The minimum atomic E-state index is -1.10. The number of nitrogens with zero attached hydrogens (tertiary/aromatic N) is 1. The molecule has 10 heteroatoms. The van der Waals surface area contributed by atoms with Gasteiger partial charge in [-0.05, 0) is 39.0 Å². The van der Waals surface area contributed by atoms with Crippen molar-refractivity contribution in [2.75, 3.05) is 0 Å². The molecule has 1 aliphatic heterocycles. The normalized spacial score (nSPS) is 16.5. The van der Waals surface area contributed by atoms with E-state index in [0.29, 0.717) is 5.06 Å². The van der Waals surface area contributed by atoms with Gasteiger partial charge in [0, 0.05) is 12.8 Å². The summed E-state index contributed by atoms with van der Waals surface area (Å²) >= 11 is 0. The van der Waals surface area contributed by atoms with Gasteiger partial charge >= 0.3 is 12.1 Å². The fourth-order valence-electron chi connectivity index (χ4n) is 2.73. The van der Waals surface area contributed by atoms with Gasteiger partial charge in [0.05, 0.1) is 0 Å². The molecule has 1 aliphatic rings. The standard InChI is InChI=1S/C20H33N3O7/c1-11(2)10-13(18(27)30-23-14(24)8-9-15(23)25)21-17(26)16(12(3)4)22-19(28)29-20(5,6)7/h11-13,16H,8-10H2,1-7H3,(H,21,26)(H,22,28)/t13?,16-/m0/s1. The number of amides is 4. The summed E-state index contributed by atoms with van der Waals surface area (Å²) in [6.45, 7) is 12.3. The molecule has 1 fully saturated rings. The SMILES string of the molecule is CC(C)CC(NC(=O)[C@@H](NC(=O)OC(C)(C)C)C(C)C)C(=O)ON1C(=O)CCC1=O. The summed E-state index contributed by atoms with van der Waals surface area (Å²) in [4.78, 5) is 65.8. The first-order valence-corrected chi connectivity index (χ1v) is 10.1. The molecular formula is C20H33N3O7. The van der Waals surface area contributed by atoms with Gasteiger partial charge in [-0.3, -0.25) is 14.4 Å². The maximum absolute atomic E-state index is 12.8. The van der Waals surface area contributed by atoms with Crippen molar-refractivity contribution in [2.45, 2.75) is 85.4 Å². The zero-order chi connectivity index (χ0) is 23.2. The maximum Gasteiger partial charge on any atom is 0.408 e. The molecule has 0 bridgehead atoms. The average Bonchev–Trinajstić information content (AvgIpc) is 2.88. The first-order chi connectivity index (χ1) is 13.7. The smallest absolute Gasteiger partial charge is 0.408 e. The quantitative estimate of drug-likeness (QED) is 0.563. The lowest BCUT2D eigenvalue weighted by molar-refractivity contribution is -0.199. The van der Waals surface area contributed by atoms with Crippen LogP contribution in [-0.2, 0) is 28.8 Å². The molecule has 10 nitrogen and oxygen atoms in total. The van der Waals surface area contributed by atoms with Crippen LogP contribution < -0.4 is 10.6 Å². The number of hydrogen-bond donors (Lipinski definition) is 2. The van der Waals surface area contributed by atoms with E-state index in [4.69, 9.17) is 9.57 Å². The lowest BCUT2D eigenvalue weighted by atomic mass is 10.0. The Labute approximate surface area is 177 Å². The summed E-state index contributed by atoms with van der Waals surface area (Å²) < 4.78 is 5.19. The molecule has 2 N–H and O–H groups in total. The first kappa shape index (κ1) is 25.4. The van der Waals surface area contributed by atoms with Gasteiger partial charge < -0.3 is 20.2 Å². The van der Waals surface area contributed by atoms with Crippen LogP contribution >= 0.6 is 0 Å². The fraction of sp³-hybridized carbons (Fsp3) is 0.750. The Morgan fingerprint density at radius 3 is 1.97 bits per heavy atom. The summed E-state index contributed by atoms with van der Waals surface area (Å²) in [5.41, 5.74) is -0.735. The molecule has 0 aromatic carbocycles. The highest BCUT2D eigenvalue weighted by molar-refractivity contribution is 6.02. The van der Waals surface area contributed by atoms with Crippen molar-refractivity contribution >= 4 is 29.8 Å². The van der Waals surface area contributed by atoms with E-state index >= 15 is 0 Å². The van der Waals surface area contributed by atoms with Gasteiger partial charge in [0.25, 0.3) is 11.8 Å². The van der Waals surface area contributed by atoms with E-state index in [-0.39, 0.29) is 31.1 Å². The summed E-state index contributed by atoms with van der Waals surface area (Å²) in [7, 11) is 0. The number of nitrogens with one attached hydrogen (secondary N) is 2. The zero-order valence-corrected chi connectivity index (χ0v) is 18.7. The molecule has 1 saturated heterocycles. The van der Waals surface area contributed by atoms with Crippen molar-refractivity contribution in [3.63, 3.8) is 0 Å². The van der Waals surface area contributed by atoms with E-state index in [2.05, 4.69) is 10.6 Å². The summed E-state index contributed by atoms with van der Waals surface area (Å²) in [5.74, 6) is -3.01. The summed E-state index contributed by atoms with van der Waals surface area (Å²) in [6.07, 6.45) is -0.587. The largest absolute Gasteiger partial charge is 0.444 e. The molecule has 0 radical (unpaired) electrons. The Bertz CT molecular complexity index is 666. The molecule has 2 atom stereocenters. The second-order valence-corrected chi connectivity index (χ2v) is 9.05. The van der Waals surface area contributed by atoms with Crippen molar-refractivity contribution in [3.8, 4) is 0 Å². The third-order valence-electron chi connectivity index (χ3n) is 4.12. The highest BCUT2D eigenvalue weighted by Crippen LogP contribution is 2.15. The second-order valence-electron chi connectivity index (χ2n) is 9.05. The molecular weight excluding hydrogens is 394 g/mol. The highest BCUT2D eigenvalue weighted by atomic mass is 16.7. The van der Waals surface area contributed by atoms with Crippen molar-refractivity contribution in [2.24, 2.45) is 11.8 Å². The Morgan fingerprint density at radius 2 is 1.53 bits per heavy atom. The molecule has 0 spiro atoms. The van der Waals surface area contributed by atoms with Crippen molar-refractivity contribution < 1.29 is 33.5 Å². The van der Waals surface area contributed by atoms with Crippen LogP contribution in [0.1, 0.15) is 67.7 Å². The topological polar surface area (TPSA) is 131 Å². The van der Waals surface area contributed by atoms with Crippen LogP contribution in [0.2, 0.25) is 0 Å². The van der Waals surface area contributed by atoms with Gasteiger partial charge in [-0.1, -0.05) is 27.7 Å². The average molecular weight is 427 g/mol. The minimum absolute atomic E-state index is 0.00384. The Morgan fingerprint density at radius 1 is 1.00 bits per heavy atom. The molecule has 0 aromatic rings. The fourth-order valence-corrected chi connectivity index (χ4v) is 2.73. The number of alkyl carbamates (subject to hydrolysis) is 1. The van der Waals surface area contributed by atoms with Gasteiger partial charge in [-0.25, -0.2) is 9.59 Å². The molecule has 4 amide bonds. The van der Waals surface area contributed by atoms with Gasteiger partial charge in [-0.2, -0.15) is 0 Å². The van der Waals surface area contributed by atoms with Crippen LogP contribution in [-0.4, -0.2) is 52.5 Å². The van der Waals surface area contributed by atoms with E-state index in [9.17, 15) is 24.0 Å². The molecule has 0 saturated carbocycles. The van der Waals surface area contributed by atoms with Gasteiger partial charge in [0.1, 0.15) is 17.7 Å². The van der Waals surface area contributed by atoms with E-state index in [1.807, 2.05) is 13.8 Å². The third-order valence-corrected chi connectivity index (χ3v) is 4.12. The Hall–Kier alpha value is -2.65. The molecule has 1 unspecified atom stereocenters. The maximum atomic E-state index is 12.8. The minimum Gasteiger partial charge on any atom is -0.444 e. The number of carbonyl (C=O) groups is 5. The highest BCUT2D eigenvalue weighted by Gasteiger charge is 2.36. The van der Waals surface area contributed by atoms with E-state index < -0.39 is 47.5 Å². The van der Waals surface area contributed by atoms with Crippen molar-refractivity contribution in [3.05, 3.63) is 0 Å². The van der Waals surface area contributed by atoms with E-state index in [0.717, 1.165) is 0 Å². The van der Waals surface area contributed by atoms with Crippen LogP contribution in [0, 0.1) is 11.8 Å². The molecule has 1 heterocycles. The Balaban J connectivity index is 2.88. The molecule has 30 heavy (non-hydrogen) atoms. The monoisotopic (exact) mass is 427 g/mol. The lowest BCUT2D eigenvalue weighted by Gasteiger charge is -2.27. The third kappa shape index (κ3) is 8.00. The van der Waals surface area contributed by atoms with Gasteiger partial charge in [0.2, 0.25) is 5.91 Å². The van der Waals surface area contributed by atoms with Crippen LogP contribution in [0.3, 0.4) is 0 Å². The lowest BCUT2D eigenvalue weighted by Crippen LogP contribution is -2.55. The van der Waals surface area contributed by atoms with E-state index in [1.165, 1.54) is 0 Å². The second kappa shape index (κ2) is 10.4. The van der Waals surface area contributed by atoms with Crippen LogP contribution in [0.5, 0.6) is 0 Å².